The summed E-state index contributed by atoms with van der Waals surface area (Å²) >= 11 is 1.46. The van der Waals surface area contributed by atoms with Gasteiger partial charge >= 0.3 is 0 Å². The molecule has 0 saturated carbocycles. The molecule has 1 N–H and O–H groups in total. The number of benzene rings is 1. The van der Waals surface area contributed by atoms with Crippen molar-refractivity contribution in [2.75, 3.05) is 26.2 Å². The van der Waals surface area contributed by atoms with Crippen LogP contribution in [0.2, 0.25) is 0 Å². The van der Waals surface area contributed by atoms with Gasteiger partial charge in [0.15, 0.2) is 0 Å². The number of thiazole rings is 1. The first-order chi connectivity index (χ1) is 12.6. The second-order valence-electron chi connectivity index (χ2n) is 6.55. The summed E-state index contributed by atoms with van der Waals surface area (Å²) in [7, 11) is 0. The van der Waals surface area contributed by atoms with Crippen molar-refractivity contribution in [2.24, 2.45) is 0 Å². The monoisotopic (exact) mass is 371 g/mol. The van der Waals surface area contributed by atoms with Gasteiger partial charge in [-0.2, -0.15) is 9.61 Å². The Morgan fingerprint density at radius 3 is 2.62 bits per heavy atom. The highest BCUT2D eigenvalue weighted by molar-refractivity contribution is 7.17. The highest BCUT2D eigenvalue weighted by atomic mass is 32.1. The lowest BCUT2D eigenvalue weighted by molar-refractivity contribution is -0.130. The maximum Gasteiger partial charge on any atom is 0.230 e. The molecule has 4 rings (SSSR count). The maximum absolute atomic E-state index is 11.7. The molecule has 26 heavy (non-hydrogen) atoms. The van der Waals surface area contributed by atoms with Crippen LogP contribution >= 0.6 is 11.3 Å². The molecule has 7 nitrogen and oxygen atoms in total. The van der Waals surface area contributed by atoms with E-state index in [1.165, 1.54) is 27.7 Å². The van der Waals surface area contributed by atoms with E-state index in [9.17, 15) is 9.90 Å². The van der Waals surface area contributed by atoms with Crippen LogP contribution in [-0.2, 0) is 4.79 Å². The summed E-state index contributed by atoms with van der Waals surface area (Å²) in [4.78, 5) is 21.6. The zero-order valence-corrected chi connectivity index (χ0v) is 15.6. The molecule has 3 heterocycles. The van der Waals surface area contributed by atoms with E-state index in [1.807, 2.05) is 17.0 Å². The average molecular weight is 371 g/mol. The number of amides is 1. The van der Waals surface area contributed by atoms with E-state index in [0.29, 0.717) is 18.1 Å². The fourth-order valence-electron chi connectivity index (χ4n) is 3.56. The normalized spacial score (nSPS) is 16.9. The van der Waals surface area contributed by atoms with Crippen LogP contribution in [0.15, 0.2) is 30.6 Å². The Morgan fingerprint density at radius 2 is 1.96 bits per heavy atom. The molecule has 136 valence electrons. The third-order valence-electron chi connectivity index (χ3n) is 4.99. The lowest BCUT2D eigenvalue weighted by Gasteiger charge is -2.39. The van der Waals surface area contributed by atoms with Crippen LogP contribution in [0.5, 0.6) is 5.88 Å². The molecule has 0 aliphatic carbocycles. The fraction of sp³-hybridized carbons (Fsp3) is 0.389. The van der Waals surface area contributed by atoms with Crippen molar-refractivity contribution < 1.29 is 9.90 Å². The van der Waals surface area contributed by atoms with E-state index in [1.54, 1.807) is 6.92 Å². The SMILES string of the molecule is CC(=O)N1CCN(C(c2ccccc2C)c2sc3ncnn3c2O)CC1. The van der Waals surface area contributed by atoms with Crippen LogP contribution in [0.25, 0.3) is 4.96 Å². The van der Waals surface area contributed by atoms with E-state index in [0.717, 1.165) is 23.5 Å². The first-order valence-electron chi connectivity index (χ1n) is 8.62. The van der Waals surface area contributed by atoms with Gasteiger partial charge in [0.2, 0.25) is 16.7 Å². The molecule has 0 radical (unpaired) electrons. The molecule has 1 atom stereocenters. The molecule has 1 unspecified atom stereocenters. The van der Waals surface area contributed by atoms with Crippen LogP contribution in [0, 0.1) is 6.92 Å². The van der Waals surface area contributed by atoms with Crippen LogP contribution in [0.4, 0.5) is 0 Å². The van der Waals surface area contributed by atoms with Gasteiger partial charge in [-0.25, -0.2) is 4.98 Å². The van der Waals surface area contributed by atoms with Crippen LogP contribution in [0.3, 0.4) is 0 Å². The number of piperazine rings is 1. The minimum absolute atomic E-state index is 0.0844. The molecule has 3 aromatic rings. The van der Waals surface area contributed by atoms with E-state index >= 15 is 0 Å². The summed E-state index contributed by atoms with van der Waals surface area (Å²) in [6, 6.07) is 8.15. The molecule has 1 aliphatic heterocycles. The molecular formula is C18H21N5O2S. The third-order valence-corrected chi connectivity index (χ3v) is 6.08. The number of hydrogen-bond acceptors (Lipinski definition) is 6. The molecule has 1 saturated heterocycles. The fourth-order valence-corrected chi connectivity index (χ4v) is 4.65. The smallest absolute Gasteiger partial charge is 0.230 e. The molecule has 0 bridgehead atoms. The molecule has 0 spiro atoms. The van der Waals surface area contributed by atoms with Crippen molar-refractivity contribution in [1.82, 2.24) is 24.4 Å². The zero-order valence-electron chi connectivity index (χ0n) is 14.8. The largest absolute Gasteiger partial charge is 0.492 e. The topological polar surface area (TPSA) is 74.0 Å². The Hall–Kier alpha value is -2.45. The van der Waals surface area contributed by atoms with Gasteiger partial charge in [0, 0.05) is 33.1 Å². The van der Waals surface area contributed by atoms with Crippen molar-refractivity contribution in [1.29, 1.82) is 0 Å². The summed E-state index contributed by atoms with van der Waals surface area (Å²) in [5, 5.41) is 14.9. The summed E-state index contributed by atoms with van der Waals surface area (Å²) < 4.78 is 1.48. The van der Waals surface area contributed by atoms with Crippen LogP contribution in [0.1, 0.15) is 29.0 Å². The van der Waals surface area contributed by atoms with Crippen molar-refractivity contribution in [3.8, 4) is 5.88 Å². The van der Waals surface area contributed by atoms with Gasteiger partial charge in [-0.1, -0.05) is 35.6 Å². The first kappa shape index (κ1) is 17.0. The van der Waals surface area contributed by atoms with Gasteiger partial charge in [0.05, 0.1) is 10.9 Å². The molecule has 1 amide bonds. The Bertz CT molecular complexity index is 942. The number of aromatic hydroxyl groups is 1. The molecular weight excluding hydrogens is 350 g/mol. The second kappa shape index (κ2) is 6.69. The summed E-state index contributed by atoms with van der Waals surface area (Å²) in [5.41, 5.74) is 2.33. The van der Waals surface area contributed by atoms with Gasteiger partial charge in [-0.05, 0) is 18.1 Å². The van der Waals surface area contributed by atoms with Crippen LogP contribution < -0.4 is 0 Å². The molecule has 1 aliphatic rings. The highest BCUT2D eigenvalue weighted by Crippen LogP contribution is 2.40. The Morgan fingerprint density at radius 1 is 1.23 bits per heavy atom. The summed E-state index contributed by atoms with van der Waals surface area (Å²) in [6.07, 6.45) is 1.45. The quantitative estimate of drug-likeness (QED) is 0.763. The Kier molecular flexibility index (Phi) is 4.37. The summed E-state index contributed by atoms with van der Waals surface area (Å²) in [6.45, 7) is 6.60. The Labute approximate surface area is 155 Å². The van der Waals surface area contributed by atoms with Gasteiger partial charge in [0.1, 0.15) is 6.33 Å². The summed E-state index contributed by atoms with van der Waals surface area (Å²) in [5.74, 6) is 0.253. The van der Waals surface area contributed by atoms with Gasteiger partial charge in [-0.3, -0.25) is 9.69 Å². The molecule has 2 aromatic heterocycles. The zero-order chi connectivity index (χ0) is 18.3. The molecule has 1 aromatic carbocycles. The number of fused-ring (bicyclic) bond motifs is 1. The lowest BCUT2D eigenvalue weighted by atomic mass is 9.98. The van der Waals surface area contributed by atoms with E-state index in [-0.39, 0.29) is 17.8 Å². The predicted molar refractivity (Wildman–Crippen MR) is 99.4 cm³/mol. The van der Waals surface area contributed by atoms with Crippen molar-refractivity contribution in [3.63, 3.8) is 0 Å². The van der Waals surface area contributed by atoms with E-state index < -0.39 is 0 Å². The number of aromatic nitrogens is 3. The van der Waals surface area contributed by atoms with Gasteiger partial charge in [-0.15, -0.1) is 0 Å². The number of hydrogen-bond donors (Lipinski definition) is 1. The minimum atomic E-state index is -0.0844. The highest BCUT2D eigenvalue weighted by Gasteiger charge is 2.32. The van der Waals surface area contributed by atoms with E-state index in [2.05, 4.69) is 34.0 Å². The molecule has 8 heteroatoms. The third kappa shape index (κ3) is 2.85. The average Bonchev–Trinajstić information content (AvgIpc) is 3.21. The number of rotatable bonds is 3. The van der Waals surface area contributed by atoms with E-state index in [4.69, 9.17) is 0 Å². The molecule has 1 fully saturated rings. The number of nitrogens with zero attached hydrogens (tertiary/aromatic N) is 5. The predicted octanol–water partition coefficient (Wildman–Crippen LogP) is 2.06. The number of carbonyl (C=O) groups is 1. The van der Waals surface area contributed by atoms with Crippen molar-refractivity contribution in [3.05, 3.63) is 46.6 Å². The number of carbonyl (C=O) groups excluding carboxylic acids is 1. The Balaban J connectivity index is 1.76. The lowest BCUT2D eigenvalue weighted by Crippen LogP contribution is -2.49. The van der Waals surface area contributed by atoms with Crippen molar-refractivity contribution >= 4 is 22.2 Å². The first-order valence-corrected chi connectivity index (χ1v) is 9.44. The van der Waals surface area contributed by atoms with Gasteiger partial charge < -0.3 is 10.0 Å². The van der Waals surface area contributed by atoms with Gasteiger partial charge in [0.25, 0.3) is 0 Å². The maximum atomic E-state index is 11.7. The van der Waals surface area contributed by atoms with Crippen molar-refractivity contribution in [2.45, 2.75) is 19.9 Å². The minimum Gasteiger partial charge on any atom is -0.492 e. The number of aryl methyl sites for hydroxylation is 1. The second-order valence-corrected chi connectivity index (χ2v) is 7.55. The van der Waals surface area contributed by atoms with Crippen LogP contribution in [-0.4, -0.2) is 61.6 Å². The standard InChI is InChI=1S/C18H21N5O2S/c1-12-5-3-4-6-14(12)15(22-9-7-21(8-10-22)13(2)24)16-17(25)23-18(26-16)19-11-20-23/h3-6,11,15,25H,7-10H2,1-2H3.